The lowest BCUT2D eigenvalue weighted by atomic mass is 9.98. The average Bonchev–Trinajstić information content (AvgIpc) is 2.49. The minimum Gasteiger partial charge on any atom is -0.370 e. The Hall–Kier alpha value is -1.64. The van der Waals surface area contributed by atoms with E-state index in [4.69, 9.17) is 4.74 Å². The van der Waals surface area contributed by atoms with E-state index in [-0.39, 0.29) is 12.1 Å². The van der Waals surface area contributed by atoms with E-state index in [0.717, 1.165) is 0 Å². The maximum absolute atomic E-state index is 6.08. The fraction of sp³-hybridized carbons (Fsp3) is 0.294. The van der Waals surface area contributed by atoms with Crippen molar-refractivity contribution in [3.63, 3.8) is 0 Å². The molecule has 0 radical (unpaired) electrons. The molecule has 3 rings (SSSR count). The van der Waals surface area contributed by atoms with Gasteiger partial charge in [-0.15, -0.1) is 0 Å². The lowest BCUT2D eigenvalue weighted by Crippen LogP contribution is -2.43. The van der Waals surface area contributed by atoms with Crippen LogP contribution in [-0.2, 0) is 4.74 Å². The summed E-state index contributed by atoms with van der Waals surface area (Å²) >= 11 is 0. The van der Waals surface area contributed by atoms with E-state index in [2.05, 4.69) is 60.8 Å². The predicted molar refractivity (Wildman–Crippen MR) is 76.9 cm³/mol. The van der Waals surface area contributed by atoms with Gasteiger partial charge in [0, 0.05) is 6.04 Å². The van der Waals surface area contributed by atoms with E-state index in [1.807, 2.05) is 12.1 Å². The van der Waals surface area contributed by atoms with E-state index < -0.39 is 0 Å². The summed E-state index contributed by atoms with van der Waals surface area (Å²) in [4.78, 5) is 0. The zero-order chi connectivity index (χ0) is 13.1. The van der Waals surface area contributed by atoms with Crippen LogP contribution in [0.4, 0.5) is 0 Å². The van der Waals surface area contributed by atoms with Crippen molar-refractivity contribution in [2.45, 2.75) is 25.1 Å². The van der Waals surface area contributed by atoms with Gasteiger partial charge in [0.2, 0.25) is 0 Å². The highest BCUT2D eigenvalue weighted by Crippen LogP contribution is 2.29. The van der Waals surface area contributed by atoms with Crippen LogP contribution in [0.1, 0.15) is 30.2 Å². The van der Waals surface area contributed by atoms with Gasteiger partial charge in [-0.25, -0.2) is 0 Å². The molecule has 98 valence electrons. The van der Waals surface area contributed by atoms with Gasteiger partial charge in [-0.2, -0.15) is 0 Å². The number of hydrogen-bond acceptors (Lipinski definition) is 2. The lowest BCUT2D eigenvalue weighted by Gasteiger charge is -2.36. The molecule has 2 nitrogen and oxygen atoms in total. The highest BCUT2D eigenvalue weighted by molar-refractivity contribution is 5.23. The molecule has 2 aromatic carbocycles. The Bertz CT molecular complexity index is 511. The third-order valence-corrected chi connectivity index (χ3v) is 3.69. The molecule has 0 bridgehead atoms. The van der Waals surface area contributed by atoms with Crippen molar-refractivity contribution in [1.29, 1.82) is 0 Å². The first-order chi connectivity index (χ1) is 9.34. The molecule has 0 aliphatic carbocycles. The topological polar surface area (TPSA) is 21.3 Å². The van der Waals surface area contributed by atoms with Crippen molar-refractivity contribution >= 4 is 0 Å². The van der Waals surface area contributed by atoms with E-state index in [9.17, 15) is 0 Å². The van der Waals surface area contributed by atoms with E-state index >= 15 is 0 Å². The largest absolute Gasteiger partial charge is 0.370 e. The molecule has 3 atom stereocenters. The van der Waals surface area contributed by atoms with Crippen molar-refractivity contribution in [3.05, 3.63) is 71.8 Å². The molecule has 2 aromatic rings. The minimum atomic E-state index is 0.140. The molecule has 1 fully saturated rings. The van der Waals surface area contributed by atoms with Gasteiger partial charge in [0.1, 0.15) is 0 Å². The Labute approximate surface area is 114 Å². The third-order valence-electron chi connectivity index (χ3n) is 3.69. The molecule has 1 saturated heterocycles. The van der Waals surface area contributed by atoms with Crippen LogP contribution in [0.2, 0.25) is 0 Å². The quantitative estimate of drug-likeness (QED) is 0.884. The molecule has 2 heteroatoms. The van der Waals surface area contributed by atoms with Crippen LogP contribution in [0.3, 0.4) is 0 Å². The molecular weight excluding hydrogens is 234 g/mol. The Morgan fingerprint density at radius 1 is 0.895 bits per heavy atom. The summed E-state index contributed by atoms with van der Waals surface area (Å²) in [7, 11) is 0. The zero-order valence-electron chi connectivity index (χ0n) is 11.1. The van der Waals surface area contributed by atoms with Gasteiger partial charge in [0.05, 0.1) is 18.8 Å². The fourth-order valence-electron chi connectivity index (χ4n) is 2.70. The van der Waals surface area contributed by atoms with Gasteiger partial charge >= 0.3 is 0 Å². The summed E-state index contributed by atoms with van der Waals surface area (Å²) < 4.78 is 6.08. The summed E-state index contributed by atoms with van der Waals surface area (Å²) in [6.45, 7) is 2.90. The summed E-state index contributed by atoms with van der Waals surface area (Å²) in [5, 5.41) is 3.66. The van der Waals surface area contributed by atoms with Crippen molar-refractivity contribution < 1.29 is 4.74 Å². The maximum Gasteiger partial charge on any atom is 0.0976 e. The summed E-state index contributed by atoms with van der Waals surface area (Å²) in [5.41, 5.74) is 2.54. The van der Waals surface area contributed by atoms with Gasteiger partial charge in [-0.05, 0) is 18.1 Å². The van der Waals surface area contributed by atoms with Gasteiger partial charge in [0.25, 0.3) is 0 Å². The van der Waals surface area contributed by atoms with Crippen LogP contribution in [-0.4, -0.2) is 12.6 Å². The fourth-order valence-corrected chi connectivity index (χ4v) is 2.70. The highest BCUT2D eigenvalue weighted by Gasteiger charge is 2.29. The molecule has 0 saturated carbocycles. The second-order valence-electron chi connectivity index (χ2n) is 5.08. The van der Waals surface area contributed by atoms with Gasteiger partial charge in [0.15, 0.2) is 0 Å². The molecule has 3 unspecified atom stereocenters. The molecule has 1 aliphatic rings. The van der Waals surface area contributed by atoms with E-state index in [1.165, 1.54) is 11.1 Å². The maximum atomic E-state index is 6.08. The van der Waals surface area contributed by atoms with Gasteiger partial charge in [-0.1, -0.05) is 60.7 Å². The Kier molecular flexibility index (Phi) is 3.62. The van der Waals surface area contributed by atoms with Gasteiger partial charge < -0.3 is 10.1 Å². The molecule has 0 amide bonds. The Morgan fingerprint density at radius 2 is 1.47 bits per heavy atom. The Morgan fingerprint density at radius 3 is 2.05 bits per heavy atom. The first-order valence-corrected chi connectivity index (χ1v) is 6.82. The number of morpholine rings is 1. The van der Waals surface area contributed by atoms with Crippen LogP contribution in [0.15, 0.2) is 60.7 Å². The number of rotatable bonds is 2. The SMILES string of the molecule is CC1NC(c2ccccc2)COC1c1ccccc1. The second kappa shape index (κ2) is 5.55. The standard InChI is InChI=1S/C17H19NO/c1-13-17(15-10-6-3-7-11-15)19-12-16(18-13)14-8-4-2-5-9-14/h2-11,13,16-18H,12H2,1H3. The monoisotopic (exact) mass is 253 g/mol. The van der Waals surface area contributed by atoms with Crippen LogP contribution in [0.5, 0.6) is 0 Å². The molecule has 19 heavy (non-hydrogen) atoms. The number of ether oxygens (including phenoxy) is 1. The first-order valence-electron chi connectivity index (χ1n) is 6.82. The van der Waals surface area contributed by atoms with Crippen molar-refractivity contribution in [1.82, 2.24) is 5.32 Å². The van der Waals surface area contributed by atoms with Crippen LogP contribution < -0.4 is 5.32 Å². The van der Waals surface area contributed by atoms with Crippen molar-refractivity contribution in [3.8, 4) is 0 Å². The normalized spacial score (nSPS) is 27.1. The highest BCUT2D eigenvalue weighted by atomic mass is 16.5. The summed E-state index contributed by atoms with van der Waals surface area (Å²) in [6, 6.07) is 21.5. The van der Waals surface area contributed by atoms with Crippen molar-refractivity contribution in [2.24, 2.45) is 0 Å². The predicted octanol–water partition coefficient (Wildman–Crippen LogP) is 3.48. The molecule has 1 heterocycles. The third kappa shape index (κ3) is 2.70. The summed E-state index contributed by atoms with van der Waals surface area (Å²) in [5.74, 6) is 0. The van der Waals surface area contributed by atoms with Crippen LogP contribution in [0, 0.1) is 0 Å². The Balaban J connectivity index is 1.73. The number of benzene rings is 2. The van der Waals surface area contributed by atoms with E-state index in [0.29, 0.717) is 12.6 Å². The van der Waals surface area contributed by atoms with Gasteiger partial charge in [-0.3, -0.25) is 0 Å². The van der Waals surface area contributed by atoms with E-state index in [1.54, 1.807) is 0 Å². The average molecular weight is 253 g/mol. The zero-order valence-corrected chi connectivity index (χ0v) is 11.1. The second-order valence-corrected chi connectivity index (χ2v) is 5.08. The van der Waals surface area contributed by atoms with Crippen LogP contribution in [0.25, 0.3) is 0 Å². The molecule has 1 N–H and O–H groups in total. The smallest absolute Gasteiger partial charge is 0.0976 e. The molecule has 1 aliphatic heterocycles. The lowest BCUT2D eigenvalue weighted by molar-refractivity contribution is -0.0253. The van der Waals surface area contributed by atoms with Crippen LogP contribution >= 0.6 is 0 Å². The van der Waals surface area contributed by atoms with Crippen molar-refractivity contribution in [2.75, 3.05) is 6.61 Å². The first kappa shape index (κ1) is 12.4. The number of nitrogens with one attached hydrogen (secondary N) is 1. The molecule has 0 aromatic heterocycles. The molecule has 0 spiro atoms. The number of hydrogen-bond donors (Lipinski definition) is 1. The minimum absolute atomic E-state index is 0.140. The summed E-state index contributed by atoms with van der Waals surface area (Å²) in [6.07, 6.45) is 0.140. The molecular formula is C17H19NO.